The third-order valence-corrected chi connectivity index (χ3v) is 3.94. The van der Waals surface area contributed by atoms with E-state index in [1.807, 2.05) is 31.2 Å². The molecule has 1 amide bonds. The summed E-state index contributed by atoms with van der Waals surface area (Å²) in [4.78, 5) is 12.4. The highest BCUT2D eigenvalue weighted by atomic mass is 16.5. The molecule has 0 aliphatic carbocycles. The van der Waals surface area contributed by atoms with E-state index in [2.05, 4.69) is 12.2 Å². The van der Waals surface area contributed by atoms with Crippen LogP contribution in [0.4, 0.5) is 5.69 Å². The Balaban J connectivity index is 1.94. The third-order valence-electron chi connectivity index (χ3n) is 3.94. The Labute approximate surface area is 155 Å². The second kappa shape index (κ2) is 10.3. The zero-order chi connectivity index (χ0) is 18.8. The Morgan fingerprint density at radius 2 is 1.81 bits per heavy atom. The van der Waals surface area contributed by atoms with Crippen LogP contribution in [0.1, 0.15) is 42.6 Å². The summed E-state index contributed by atoms with van der Waals surface area (Å²) in [6.07, 6.45) is 2.81. The molecule has 0 saturated carbocycles. The lowest BCUT2D eigenvalue weighted by Crippen LogP contribution is -2.25. The van der Waals surface area contributed by atoms with Crippen LogP contribution in [-0.4, -0.2) is 25.7 Å². The standard InChI is InChI=1S/C21H28N2O3/c1-3-5-14-26-19-11-8-17(15-20(19)25-4-2)21(24)23-13-12-16-6-9-18(22)10-7-16/h6-11,15H,3-5,12-14,22H2,1-2H3,(H,23,24). The van der Waals surface area contributed by atoms with Gasteiger partial charge in [-0.3, -0.25) is 4.79 Å². The number of nitrogens with two attached hydrogens (primary N) is 1. The van der Waals surface area contributed by atoms with Gasteiger partial charge in [0.1, 0.15) is 0 Å². The molecule has 0 fully saturated rings. The van der Waals surface area contributed by atoms with Gasteiger partial charge in [0.15, 0.2) is 11.5 Å². The van der Waals surface area contributed by atoms with Gasteiger partial charge in [-0.2, -0.15) is 0 Å². The van der Waals surface area contributed by atoms with Gasteiger partial charge in [-0.1, -0.05) is 25.5 Å². The van der Waals surface area contributed by atoms with Crippen LogP contribution >= 0.6 is 0 Å². The van der Waals surface area contributed by atoms with Crippen molar-refractivity contribution in [2.75, 3.05) is 25.5 Å². The zero-order valence-corrected chi connectivity index (χ0v) is 15.6. The smallest absolute Gasteiger partial charge is 0.251 e. The Bertz CT molecular complexity index is 699. The van der Waals surface area contributed by atoms with Gasteiger partial charge in [-0.05, 0) is 55.7 Å². The van der Waals surface area contributed by atoms with E-state index >= 15 is 0 Å². The van der Waals surface area contributed by atoms with Crippen molar-refractivity contribution < 1.29 is 14.3 Å². The molecule has 0 radical (unpaired) electrons. The summed E-state index contributed by atoms with van der Waals surface area (Å²) in [6.45, 7) is 5.75. The van der Waals surface area contributed by atoms with Crippen LogP contribution in [0, 0.1) is 0 Å². The molecule has 0 unspecified atom stereocenters. The molecule has 2 rings (SSSR count). The molecule has 0 bridgehead atoms. The van der Waals surface area contributed by atoms with Crippen LogP contribution in [0.3, 0.4) is 0 Å². The summed E-state index contributed by atoms with van der Waals surface area (Å²) in [6, 6.07) is 13.0. The van der Waals surface area contributed by atoms with E-state index in [9.17, 15) is 4.79 Å². The second-order valence-electron chi connectivity index (χ2n) is 6.04. The zero-order valence-electron chi connectivity index (χ0n) is 15.6. The van der Waals surface area contributed by atoms with Gasteiger partial charge in [-0.25, -0.2) is 0 Å². The van der Waals surface area contributed by atoms with Gasteiger partial charge < -0.3 is 20.5 Å². The Morgan fingerprint density at radius 3 is 2.50 bits per heavy atom. The highest BCUT2D eigenvalue weighted by Crippen LogP contribution is 2.28. The first-order valence-electron chi connectivity index (χ1n) is 9.16. The molecule has 140 valence electrons. The number of anilines is 1. The monoisotopic (exact) mass is 356 g/mol. The molecule has 0 atom stereocenters. The topological polar surface area (TPSA) is 73.6 Å². The number of hydrogen-bond donors (Lipinski definition) is 2. The quantitative estimate of drug-likeness (QED) is 0.501. The number of carbonyl (C=O) groups is 1. The van der Waals surface area contributed by atoms with Crippen molar-refractivity contribution in [3.05, 3.63) is 53.6 Å². The number of benzene rings is 2. The van der Waals surface area contributed by atoms with Crippen molar-refractivity contribution in [3.8, 4) is 11.5 Å². The van der Waals surface area contributed by atoms with Crippen molar-refractivity contribution in [1.29, 1.82) is 0 Å². The largest absolute Gasteiger partial charge is 0.490 e. The van der Waals surface area contributed by atoms with E-state index < -0.39 is 0 Å². The summed E-state index contributed by atoms with van der Waals surface area (Å²) >= 11 is 0. The Morgan fingerprint density at radius 1 is 1.04 bits per heavy atom. The number of hydrogen-bond acceptors (Lipinski definition) is 4. The molecule has 26 heavy (non-hydrogen) atoms. The maximum atomic E-state index is 12.4. The predicted octanol–water partition coefficient (Wildman–Crippen LogP) is 3.82. The first-order chi connectivity index (χ1) is 12.6. The molecule has 5 nitrogen and oxygen atoms in total. The SMILES string of the molecule is CCCCOc1ccc(C(=O)NCCc2ccc(N)cc2)cc1OCC. The summed E-state index contributed by atoms with van der Waals surface area (Å²) < 4.78 is 11.4. The van der Waals surface area contributed by atoms with Gasteiger partial charge in [-0.15, -0.1) is 0 Å². The van der Waals surface area contributed by atoms with Gasteiger partial charge in [0.2, 0.25) is 0 Å². The Hall–Kier alpha value is -2.69. The van der Waals surface area contributed by atoms with Gasteiger partial charge in [0, 0.05) is 17.8 Å². The number of carbonyl (C=O) groups excluding carboxylic acids is 1. The average molecular weight is 356 g/mol. The number of rotatable bonds is 10. The summed E-state index contributed by atoms with van der Waals surface area (Å²) in [5, 5.41) is 2.94. The second-order valence-corrected chi connectivity index (χ2v) is 6.04. The lowest BCUT2D eigenvalue weighted by atomic mass is 10.1. The summed E-state index contributed by atoms with van der Waals surface area (Å²) in [5.74, 6) is 1.16. The Kier molecular flexibility index (Phi) is 7.80. The number of nitrogens with one attached hydrogen (secondary N) is 1. The van der Waals surface area contributed by atoms with Crippen LogP contribution in [0.2, 0.25) is 0 Å². The van der Waals surface area contributed by atoms with Crippen molar-refractivity contribution in [3.63, 3.8) is 0 Å². The highest BCUT2D eigenvalue weighted by Gasteiger charge is 2.11. The normalized spacial score (nSPS) is 10.4. The molecule has 3 N–H and O–H groups in total. The first-order valence-corrected chi connectivity index (χ1v) is 9.16. The molecule has 5 heteroatoms. The maximum absolute atomic E-state index is 12.4. The van der Waals surface area contributed by atoms with E-state index in [4.69, 9.17) is 15.2 Å². The van der Waals surface area contributed by atoms with Crippen molar-refractivity contribution in [2.24, 2.45) is 0 Å². The minimum absolute atomic E-state index is 0.124. The molecule has 0 aliphatic rings. The highest BCUT2D eigenvalue weighted by molar-refractivity contribution is 5.94. The van der Waals surface area contributed by atoms with Crippen molar-refractivity contribution >= 4 is 11.6 Å². The number of nitrogen functional groups attached to an aromatic ring is 1. The molecule has 2 aromatic carbocycles. The fourth-order valence-electron chi connectivity index (χ4n) is 2.47. The molecule has 0 aliphatic heterocycles. The minimum atomic E-state index is -0.124. The van der Waals surface area contributed by atoms with Crippen LogP contribution in [0.15, 0.2) is 42.5 Å². The van der Waals surface area contributed by atoms with Gasteiger partial charge in [0.05, 0.1) is 13.2 Å². The summed E-state index contributed by atoms with van der Waals surface area (Å²) in [7, 11) is 0. The minimum Gasteiger partial charge on any atom is -0.490 e. The van der Waals surface area contributed by atoms with Crippen molar-refractivity contribution in [2.45, 2.75) is 33.1 Å². The lowest BCUT2D eigenvalue weighted by molar-refractivity contribution is 0.0953. The van der Waals surface area contributed by atoms with E-state index in [1.165, 1.54) is 0 Å². The van der Waals surface area contributed by atoms with E-state index in [1.54, 1.807) is 18.2 Å². The molecule has 0 spiro atoms. The molecular weight excluding hydrogens is 328 g/mol. The molecule has 0 aromatic heterocycles. The average Bonchev–Trinajstić information content (AvgIpc) is 2.65. The van der Waals surface area contributed by atoms with Crippen molar-refractivity contribution in [1.82, 2.24) is 5.32 Å². The number of ether oxygens (including phenoxy) is 2. The first kappa shape index (κ1) is 19.6. The fourth-order valence-corrected chi connectivity index (χ4v) is 2.47. The van der Waals surface area contributed by atoms with Crippen LogP contribution < -0.4 is 20.5 Å². The maximum Gasteiger partial charge on any atom is 0.251 e. The third kappa shape index (κ3) is 5.99. The van der Waals surface area contributed by atoms with Gasteiger partial charge >= 0.3 is 0 Å². The van der Waals surface area contributed by atoms with Crippen LogP contribution in [0.5, 0.6) is 11.5 Å². The van der Waals surface area contributed by atoms with E-state index in [0.717, 1.165) is 30.5 Å². The molecular formula is C21H28N2O3. The van der Waals surface area contributed by atoms with Crippen LogP contribution in [-0.2, 0) is 6.42 Å². The van der Waals surface area contributed by atoms with Crippen LogP contribution in [0.25, 0.3) is 0 Å². The predicted molar refractivity (Wildman–Crippen MR) is 105 cm³/mol. The lowest BCUT2D eigenvalue weighted by Gasteiger charge is -2.13. The number of amides is 1. The fraction of sp³-hybridized carbons (Fsp3) is 0.381. The van der Waals surface area contributed by atoms with E-state index in [-0.39, 0.29) is 5.91 Å². The molecule has 0 heterocycles. The van der Waals surface area contributed by atoms with E-state index in [0.29, 0.717) is 36.8 Å². The molecule has 2 aromatic rings. The number of unbranched alkanes of at least 4 members (excludes halogenated alkanes) is 1. The molecule has 0 saturated heterocycles. The summed E-state index contributed by atoms with van der Waals surface area (Å²) in [5.41, 5.74) is 8.11. The van der Waals surface area contributed by atoms with Gasteiger partial charge in [0.25, 0.3) is 5.91 Å².